The molecule has 0 bridgehead atoms. The summed E-state index contributed by atoms with van der Waals surface area (Å²) in [7, 11) is 0. The predicted octanol–water partition coefficient (Wildman–Crippen LogP) is 3.30. The summed E-state index contributed by atoms with van der Waals surface area (Å²) in [6.07, 6.45) is 2.16. The fourth-order valence-electron chi connectivity index (χ4n) is 4.59. The van der Waals surface area contributed by atoms with Crippen molar-refractivity contribution in [2.24, 2.45) is 0 Å². The molecule has 1 aliphatic carbocycles. The van der Waals surface area contributed by atoms with Crippen LogP contribution in [0.5, 0.6) is 5.75 Å². The molecule has 1 amide bonds. The van der Waals surface area contributed by atoms with Gasteiger partial charge in [-0.25, -0.2) is 0 Å². The Morgan fingerprint density at radius 2 is 1.93 bits per heavy atom. The van der Waals surface area contributed by atoms with E-state index in [0.717, 1.165) is 41.1 Å². The quantitative estimate of drug-likeness (QED) is 0.825. The lowest BCUT2D eigenvalue weighted by atomic mass is 9.74. The van der Waals surface area contributed by atoms with Crippen molar-refractivity contribution in [3.63, 3.8) is 0 Å². The molecule has 1 fully saturated rings. The van der Waals surface area contributed by atoms with E-state index < -0.39 is 5.92 Å². The number of ketones is 1. The lowest BCUT2D eigenvalue weighted by Gasteiger charge is -2.37. The summed E-state index contributed by atoms with van der Waals surface area (Å²) >= 11 is 0. The summed E-state index contributed by atoms with van der Waals surface area (Å²) in [6, 6.07) is 7.79. The Morgan fingerprint density at radius 1 is 1.20 bits per heavy atom. The number of allylic oxidation sites excluding steroid dienone is 3. The molecule has 3 aliphatic rings. The Kier molecular flexibility index (Phi) is 5.95. The normalized spacial score (nSPS) is 22.2. The van der Waals surface area contributed by atoms with Gasteiger partial charge >= 0.3 is 0 Å². The first-order chi connectivity index (χ1) is 14.5. The molecule has 160 valence electrons. The van der Waals surface area contributed by atoms with Gasteiger partial charge in [0.2, 0.25) is 0 Å². The molecule has 1 atom stereocenters. The summed E-state index contributed by atoms with van der Waals surface area (Å²) in [5.41, 5.74) is 4.02. The second-order valence-electron chi connectivity index (χ2n) is 8.37. The van der Waals surface area contributed by atoms with Gasteiger partial charge in [-0.15, -0.1) is 0 Å². The van der Waals surface area contributed by atoms with Crippen molar-refractivity contribution in [3.8, 4) is 5.75 Å². The summed E-state index contributed by atoms with van der Waals surface area (Å²) in [6.45, 7) is 8.10. The Morgan fingerprint density at radius 3 is 2.67 bits per heavy atom. The summed E-state index contributed by atoms with van der Waals surface area (Å²) in [4.78, 5) is 28.6. The van der Waals surface area contributed by atoms with Gasteiger partial charge in [0.25, 0.3) is 5.91 Å². The molecular formula is C24H30N2O4. The molecule has 1 aromatic rings. The fraction of sp³-hybridized carbons (Fsp3) is 0.500. The topological polar surface area (TPSA) is 67.9 Å². The highest BCUT2D eigenvalue weighted by Crippen LogP contribution is 2.45. The number of Topliss-reactive ketones (excluding diaryl/α,β-unsaturated/α-hetero) is 1. The average Bonchev–Trinajstić information content (AvgIpc) is 2.73. The number of hydrogen-bond acceptors (Lipinski definition) is 5. The van der Waals surface area contributed by atoms with Crippen molar-refractivity contribution in [2.75, 3.05) is 26.3 Å². The van der Waals surface area contributed by atoms with Crippen LogP contribution >= 0.6 is 0 Å². The Labute approximate surface area is 177 Å². The third kappa shape index (κ3) is 3.88. The van der Waals surface area contributed by atoms with Crippen molar-refractivity contribution >= 4 is 11.7 Å². The maximum Gasteiger partial charge on any atom is 0.252 e. The Balaban J connectivity index is 1.84. The molecule has 0 aromatic heterocycles. The molecule has 2 aliphatic heterocycles. The highest BCUT2D eigenvalue weighted by Gasteiger charge is 2.41. The number of carbonyl (C=O) groups is 2. The van der Waals surface area contributed by atoms with Crippen LogP contribution in [0.15, 0.2) is 46.8 Å². The van der Waals surface area contributed by atoms with Crippen molar-refractivity contribution in [3.05, 3.63) is 52.4 Å². The lowest BCUT2D eigenvalue weighted by Crippen LogP contribution is -2.44. The lowest BCUT2D eigenvalue weighted by molar-refractivity contribution is -0.131. The van der Waals surface area contributed by atoms with E-state index in [4.69, 9.17) is 9.47 Å². The zero-order valence-electron chi connectivity index (χ0n) is 18.0. The standard InChI is InChI=1S/C24H30N2O4/c1-15(2)30-20-10-5-4-7-17(20)22-21(24(28)26-11-13-29-14-12-26)16(3)25-18-8-6-9-19(27)23(18)22/h4-5,7,10,15,22,25H,6,8-9,11-14H2,1-3H3/t22-/m0/s1. The fourth-order valence-corrected chi connectivity index (χ4v) is 4.59. The smallest absolute Gasteiger partial charge is 0.252 e. The molecule has 4 rings (SSSR count). The zero-order valence-corrected chi connectivity index (χ0v) is 18.0. The van der Waals surface area contributed by atoms with E-state index in [1.54, 1.807) is 0 Å². The zero-order chi connectivity index (χ0) is 21.3. The molecule has 0 saturated carbocycles. The van der Waals surface area contributed by atoms with E-state index in [1.165, 1.54) is 0 Å². The second kappa shape index (κ2) is 8.64. The van der Waals surface area contributed by atoms with Crippen LogP contribution in [-0.4, -0.2) is 49.0 Å². The van der Waals surface area contributed by atoms with Gasteiger partial charge in [0.1, 0.15) is 5.75 Å². The number of rotatable bonds is 4. The maximum absolute atomic E-state index is 13.7. The SMILES string of the molecule is CC1=C(C(=O)N2CCOCC2)[C@H](c2ccccc2OC(C)C)C2=C(CCCC2=O)N1. The summed E-state index contributed by atoms with van der Waals surface area (Å²) in [5, 5.41) is 3.40. The number of morpholine rings is 1. The van der Waals surface area contributed by atoms with Crippen LogP contribution < -0.4 is 10.1 Å². The van der Waals surface area contributed by atoms with Crippen molar-refractivity contribution in [1.29, 1.82) is 0 Å². The van der Waals surface area contributed by atoms with Gasteiger partial charge in [0.15, 0.2) is 5.78 Å². The first-order valence-corrected chi connectivity index (χ1v) is 10.8. The van der Waals surface area contributed by atoms with Crippen molar-refractivity contribution in [1.82, 2.24) is 10.2 Å². The molecule has 6 nitrogen and oxygen atoms in total. The summed E-state index contributed by atoms with van der Waals surface area (Å²) < 4.78 is 11.5. The van der Waals surface area contributed by atoms with Crippen LogP contribution in [0.25, 0.3) is 0 Å². The number of nitrogens with one attached hydrogen (secondary N) is 1. The van der Waals surface area contributed by atoms with Gasteiger partial charge in [-0.2, -0.15) is 0 Å². The van der Waals surface area contributed by atoms with Crippen molar-refractivity contribution in [2.45, 2.75) is 52.1 Å². The minimum Gasteiger partial charge on any atom is -0.491 e. The largest absolute Gasteiger partial charge is 0.491 e. The van der Waals surface area contributed by atoms with Gasteiger partial charge < -0.3 is 19.7 Å². The van der Waals surface area contributed by atoms with E-state index in [2.05, 4.69) is 5.32 Å². The van der Waals surface area contributed by atoms with Crippen LogP contribution in [0, 0.1) is 0 Å². The number of dihydropyridines is 1. The number of amides is 1. The first-order valence-electron chi connectivity index (χ1n) is 10.8. The average molecular weight is 411 g/mol. The Bertz CT molecular complexity index is 910. The third-order valence-electron chi connectivity index (χ3n) is 5.90. The number of hydrogen-bond donors (Lipinski definition) is 1. The second-order valence-corrected chi connectivity index (χ2v) is 8.37. The van der Waals surface area contributed by atoms with Crippen LogP contribution in [0.4, 0.5) is 0 Å². The minimum atomic E-state index is -0.417. The molecular weight excluding hydrogens is 380 g/mol. The monoisotopic (exact) mass is 410 g/mol. The number of benzene rings is 1. The molecule has 0 radical (unpaired) electrons. The van der Waals surface area contributed by atoms with Gasteiger partial charge in [0.05, 0.1) is 25.2 Å². The number of nitrogens with zero attached hydrogens (tertiary/aromatic N) is 1. The highest BCUT2D eigenvalue weighted by atomic mass is 16.5. The number of para-hydroxylation sites is 1. The molecule has 30 heavy (non-hydrogen) atoms. The minimum absolute atomic E-state index is 0.00755. The molecule has 1 aromatic carbocycles. The van der Waals surface area contributed by atoms with E-state index in [0.29, 0.717) is 38.3 Å². The van der Waals surface area contributed by atoms with E-state index in [-0.39, 0.29) is 17.8 Å². The molecule has 2 heterocycles. The maximum atomic E-state index is 13.7. The third-order valence-corrected chi connectivity index (χ3v) is 5.90. The van der Waals surface area contributed by atoms with Crippen LogP contribution in [0.2, 0.25) is 0 Å². The molecule has 6 heteroatoms. The van der Waals surface area contributed by atoms with Gasteiger partial charge in [-0.1, -0.05) is 18.2 Å². The van der Waals surface area contributed by atoms with Crippen LogP contribution in [0.1, 0.15) is 51.5 Å². The van der Waals surface area contributed by atoms with Gasteiger partial charge in [0, 0.05) is 47.6 Å². The van der Waals surface area contributed by atoms with Crippen LogP contribution in [-0.2, 0) is 14.3 Å². The molecule has 1 N–H and O–H groups in total. The molecule has 0 unspecified atom stereocenters. The predicted molar refractivity (Wildman–Crippen MR) is 114 cm³/mol. The first kappa shape index (κ1) is 20.7. The van der Waals surface area contributed by atoms with E-state index in [9.17, 15) is 9.59 Å². The number of carbonyl (C=O) groups excluding carboxylic acids is 2. The van der Waals surface area contributed by atoms with Gasteiger partial charge in [-0.05, 0) is 39.7 Å². The van der Waals surface area contributed by atoms with E-state index >= 15 is 0 Å². The van der Waals surface area contributed by atoms with Gasteiger partial charge in [-0.3, -0.25) is 9.59 Å². The van der Waals surface area contributed by atoms with Crippen molar-refractivity contribution < 1.29 is 19.1 Å². The number of ether oxygens (including phenoxy) is 2. The van der Waals surface area contributed by atoms with E-state index in [1.807, 2.05) is 49.9 Å². The Hall–Kier alpha value is -2.60. The molecule has 1 saturated heterocycles. The molecule has 0 spiro atoms. The summed E-state index contributed by atoms with van der Waals surface area (Å²) in [5.74, 6) is 0.398. The van der Waals surface area contributed by atoms with Crippen LogP contribution in [0.3, 0.4) is 0 Å². The highest BCUT2D eigenvalue weighted by molar-refractivity contribution is 6.05.